The van der Waals surface area contributed by atoms with Gasteiger partial charge in [-0.05, 0) is 18.4 Å². The van der Waals surface area contributed by atoms with E-state index in [1.54, 1.807) is 0 Å². The molecule has 0 bridgehead atoms. The molecule has 1 aromatic carbocycles. The minimum atomic E-state index is -0.510. The van der Waals surface area contributed by atoms with Crippen molar-refractivity contribution in [3.63, 3.8) is 0 Å². The lowest BCUT2D eigenvalue weighted by molar-refractivity contribution is -0.183. The highest BCUT2D eigenvalue weighted by atomic mass is 16.7. The number of benzene rings is 1. The molecule has 0 aliphatic carbocycles. The lowest BCUT2D eigenvalue weighted by Gasteiger charge is -2.25. The second-order valence-corrected chi connectivity index (χ2v) is 3.89. The van der Waals surface area contributed by atoms with Crippen LogP contribution in [0.5, 0.6) is 0 Å². The summed E-state index contributed by atoms with van der Waals surface area (Å²) in [5.74, 6) is -0.191. The number of ether oxygens (including phenoxy) is 2. The van der Waals surface area contributed by atoms with E-state index < -0.39 is 6.29 Å². The average molecular weight is 220 g/mol. The van der Waals surface area contributed by atoms with Crippen molar-refractivity contribution in [2.45, 2.75) is 32.5 Å². The number of hydrogen-bond donors (Lipinski definition) is 0. The fourth-order valence-corrected chi connectivity index (χ4v) is 1.84. The Morgan fingerprint density at radius 3 is 3.12 bits per heavy atom. The summed E-state index contributed by atoms with van der Waals surface area (Å²) < 4.78 is 10.8. The van der Waals surface area contributed by atoms with Gasteiger partial charge < -0.3 is 9.47 Å². The third-order valence-corrected chi connectivity index (χ3v) is 2.64. The van der Waals surface area contributed by atoms with Crippen LogP contribution < -0.4 is 0 Å². The van der Waals surface area contributed by atoms with Crippen LogP contribution in [0.4, 0.5) is 0 Å². The molecule has 0 spiro atoms. The first-order valence-electron chi connectivity index (χ1n) is 5.70. The number of carbonyl (C=O) groups excluding carboxylic acids is 1. The number of fused-ring (bicyclic) bond motifs is 1. The minimum absolute atomic E-state index is 0.191. The normalized spacial score (nSPS) is 18.9. The van der Waals surface area contributed by atoms with Gasteiger partial charge in [0.05, 0.1) is 6.61 Å². The summed E-state index contributed by atoms with van der Waals surface area (Å²) in [5, 5.41) is 0. The second kappa shape index (κ2) is 5.12. The molecule has 1 aliphatic heterocycles. The fraction of sp³-hybridized carbons (Fsp3) is 0.462. The van der Waals surface area contributed by atoms with E-state index in [0.717, 1.165) is 18.4 Å². The van der Waals surface area contributed by atoms with E-state index in [1.165, 1.54) is 5.56 Å². The van der Waals surface area contributed by atoms with Gasteiger partial charge in [0.25, 0.3) is 0 Å². The summed E-state index contributed by atoms with van der Waals surface area (Å²) in [5.41, 5.74) is 2.20. The number of rotatable bonds is 3. The van der Waals surface area contributed by atoms with Crippen LogP contribution in [0.1, 0.15) is 37.2 Å². The highest BCUT2D eigenvalue weighted by Gasteiger charge is 2.23. The second-order valence-electron chi connectivity index (χ2n) is 3.89. The molecule has 1 aliphatic rings. The first kappa shape index (κ1) is 11.1. The standard InChI is InChI=1S/C13H16O3/c1-2-5-12(14)16-13-11-7-4-3-6-10(11)8-9-15-13/h3-4,6-7,13H,2,5,8-9H2,1H3. The molecule has 0 saturated heterocycles. The monoisotopic (exact) mass is 220 g/mol. The van der Waals surface area contributed by atoms with Crippen LogP contribution in [0.3, 0.4) is 0 Å². The van der Waals surface area contributed by atoms with Crippen LogP contribution in [0, 0.1) is 0 Å². The molecule has 1 aromatic rings. The van der Waals surface area contributed by atoms with Gasteiger partial charge in [0.1, 0.15) is 0 Å². The average Bonchev–Trinajstić information content (AvgIpc) is 2.30. The van der Waals surface area contributed by atoms with Crippen molar-refractivity contribution in [1.82, 2.24) is 0 Å². The van der Waals surface area contributed by atoms with E-state index >= 15 is 0 Å². The predicted molar refractivity (Wildman–Crippen MR) is 59.8 cm³/mol. The lowest BCUT2D eigenvalue weighted by atomic mass is 10.0. The molecule has 16 heavy (non-hydrogen) atoms. The maximum Gasteiger partial charge on any atom is 0.308 e. The van der Waals surface area contributed by atoms with E-state index in [-0.39, 0.29) is 5.97 Å². The van der Waals surface area contributed by atoms with E-state index in [4.69, 9.17) is 9.47 Å². The summed E-state index contributed by atoms with van der Waals surface area (Å²) in [6.45, 7) is 2.57. The van der Waals surface area contributed by atoms with Crippen molar-refractivity contribution in [1.29, 1.82) is 0 Å². The van der Waals surface area contributed by atoms with Crippen LogP contribution in [0.2, 0.25) is 0 Å². The van der Waals surface area contributed by atoms with Crippen molar-refractivity contribution >= 4 is 5.97 Å². The van der Waals surface area contributed by atoms with E-state index in [0.29, 0.717) is 13.0 Å². The van der Waals surface area contributed by atoms with Gasteiger partial charge in [0.2, 0.25) is 6.29 Å². The van der Waals surface area contributed by atoms with Gasteiger partial charge in [-0.2, -0.15) is 0 Å². The molecule has 0 N–H and O–H groups in total. The predicted octanol–water partition coefficient (Wildman–Crippen LogP) is 2.60. The molecule has 1 atom stereocenters. The van der Waals surface area contributed by atoms with E-state index in [2.05, 4.69) is 6.07 Å². The van der Waals surface area contributed by atoms with Gasteiger partial charge in [-0.3, -0.25) is 4.79 Å². The van der Waals surface area contributed by atoms with Gasteiger partial charge in [0.15, 0.2) is 0 Å². The SMILES string of the molecule is CCCC(=O)OC1OCCc2ccccc21. The Hall–Kier alpha value is -1.35. The topological polar surface area (TPSA) is 35.5 Å². The van der Waals surface area contributed by atoms with Crippen LogP contribution in [0.15, 0.2) is 24.3 Å². The molecule has 0 aromatic heterocycles. The van der Waals surface area contributed by atoms with Crippen molar-refractivity contribution < 1.29 is 14.3 Å². The van der Waals surface area contributed by atoms with Gasteiger partial charge in [-0.1, -0.05) is 31.2 Å². The molecule has 0 amide bonds. The number of hydrogen-bond acceptors (Lipinski definition) is 3. The minimum Gasteiger partial charge on any atom is -0.431 e. The van der Waals surface area contributed by atoms with Crippen molar-refractivity contribution in [2.24, 2.45) is 0 Å². The first-order valence-corrected chi connectivity index (χ1v) is 5.70. The van der Waals surface area contributed by atoms with Crippen LogP contribution in [-0.2, 0) is 20.7 Å². The van der Waals surface area contributed by atoms with E-state index in [1.807, 2.05) is 25.1 Å². The molecular weight excluding hydrogens is 204 g/mol. The molecule has 0 radical (unpaired) electrons. The summed E-state index contributed by atoms with van der Waals surface area (Å²) in [6, 6.07) is 7.94. The zero-order valence-electron chi connectivity index (χ0n) is 9.44. The maximum absolute atomic E-state index is 11.4. The Morgan fingerprint density at radius 2 is 2.31 bits per heavy atom. The molecule has 0 fully saturated rings. The Bertz CT molecular complexity index is 373. The molecule has 1 unspecified atom stereocenters. The van der Waals surface area contributed by atoms with Gasteiger partial charge in [0, 0.05) is 12.0 Å². The zero-order valence-corrected chi connectivity index (χ0v) is 9.44. The van der Waals surface area contributed by atoms with Gasteiger partial charge in [-0.15, -0.1) is 0 Å². The van der Waals surface area contributed by atoms with Gasteiger partial charge >= 0.3 is 5.97 Å². The molecule has 0 saturated carbocycles. The third-order valence-electron chi connectivity index (χ3n) is 2.64. The van der Waals surface area contributed by atoms with Crippen LogP contribution >= 0.6 is 0 Å². The number of esters is 1. The third kappa shape index (κ3) is 2.42. The smallest absolute Gasteiger partial charge is 0.308 e. The molecular formula is C13H16O3. The van der Waals surface area contributed by atoms with Crippen LogP contribution in [-0.4, -0.2) is 12.6 Å². The quantitative estimate of drug-likeness (QED) is 0.734. The molecule has 86 valence electrons. The Morgan fingerprint density at radius 1 is 1.50 bits per heavy atom. The Labute approximate surface area is 95.4 Å². The first-order chi connectivity index (χ1) is 7.81. The molecule has 2 rings (SSSR count). The Balaban J connectivity index is 2.10. The highest BCUT2D eigenvalue weighted by Crippen LogP contribution is 2.28. The Kier molecular flexibility index (Phi) is 3.57. The zero-order chi connectivity index (χ0) is 11.4. The highest BCUT2D eigenvalue weighted by molar-refractivity contribution is 5.69. The van der Waals surface area contributed by atoms with Crippen LogP contribution in [0.25, 0.3) is 0 Å². The largest absolute Gasteiger partial charge is 0.431 e. The molecule has 3 nitrogen and oxygen atoms in total. The number of carbonyl (C=O) groups is 1. The lowest BCUT2D eigenvalue weighted by Crippen LogP contribution is -2.21. The van der Waals surface area contributed by atoms with Crippen molar-refractivity contribution in [2.75, 3.05) is 6.61 Å². The summed E-state index contributed by atoms with van der Waals surface area (Å²) >= 11 is 0. The van der Waals surface area contributed by atoms with Crippen molar-refractivity contribution in [3.8, 4) is 0 Å². The summed E-state index contributed by atoms with van der Waals surface area (Å²) in [4.78, 5) is 11.4. The molecule has 3 heteroatoms. The fourth-order valence-electron chi connectivity index (χ4n) is 1.84. The maximum atomic E-state index is 11.4. The van der Waals surface area contributed by atoms with E-state index in [9.17, 15) is 4.79 Å². The summed E-state index contributed by atoms with van der Waals surface area (Å²) in [6.07, 6.45) is 1.62. The van der Waals surface area contributed by atoms with Gasteiger partial charge in [-0.25, -0.2) is 0 Å². The summed E-state index contributed by atoms with van der Waals surface area (Å²) in [7, 11) is 0. The van der Waals surface area contributed by atoms with Crippen molar-refractivity contribution in [3.05, 3.63) is 35.4 Å². The molecule has 1 heterocycles.